The lowest BCUT2D eigenvalue weighted by Crippen LogP contribution is -2.10. The van der Waals surface area contributed by atoms with E-state index in [1.165, 1.54) is 14.2 Å². The van der Waals surface area contributed by atoms with E-state index in [2.05, 4.69) is 0 Å². The lowest BCUT2D eigenvalue weighted by Gasteiger charge is -2.12. The van der Waals surface area contributed by atoms with Crippen molar-refractivity contribution in [2.75, 3.05) is 26.6 Å². The van der Waals surface area contributed by atoms with Gasteiger partial charge in [0.05, 0.1) is 32.1 Å². The van der Waals surface area contributed by atoms with Crippen LogP contribution in [0.1, 0.15) is 23.2 Å². The first-order valence-electron chi connectivity index (χ1n) is 5.84. The molecule has 1 fully saturated rings. The molecular weight excluding hydrogens is 234 g/mol. The Kier molecular flexibility index (Phi) is 3.60. The number of rotatable bonds is 5. The van der Waals surface area contributed by atoms with Crippen molar-refractivity contribution in [2.45, 2.75) is 12.8 Å². The fraction of sp³-hybridized carbons (Fsp3) is 0.462. The van der Waals surface area contributed by atoms with Gasteiger partial charge in [0.25, 0.3) is 0 Å². The summed E-state index contributed by atoms with van der Waals surface area (Å²) in [5.41, 5.74) is 6.45. The van der Waals surface area contributed by atoms with Crippen LogP contribution >= 0.6 is 0 Å². The van der Waals surface area contributed by atoms with E-state index < -0.39 is 5.97 Å². The molecule has 1 aromatic rings. The number of esters is 1. The number of carbonyl (C=O) groups excluding carboxylic acids is 1. The quantitative estimate of drug-likeness (QED) is 0.638. The summed E-state index contributed by atoms with van der Waals surface area (Å²) in [7, 11) is 3.02. The Balaban J connectivity index is 2.17. The average Bonchev–Trinajstić information content (AvgIpc) is 3.19. The van der Waals surface area contributed by atoms with Crippen LogP contribution in [0.25, 0.3) is 0 Å². The molecule has 5 heteroatoms. The molecule has 18 heavy (non-hydrogen) atoms. The van der Waals surface area contributed by atoms with Crippen LogP contribution in [-0.2, 0) is 4.74 Å². The Hall–Kier alpha value is -1.91. The van der Waals surface area contributed by atoms with Crippen LogP contribution in [0.15, 0.2) is 12.1 Å². The Labute approximate surface area is 106 Å². The molecule has 98 valence electrons. The van der Waals surface area contributed by atoms with Crippen LogP contribution < -0.4 is 15.2 Å². The van der Waals surface area contributed by atoms with E-state index in [-0.39, 0.29) is 0 Å². The Morgan fingerprint density at radius 2 is 1.89 bits per heavy atom. The molecule has 1 aliphatic rings. The number of nitrogen functional groups attached to an aromatic ring is 1. The second-order valence-corrected chi connectivity index (χ2v) is 4.34. The number of hydrogen-bond donors (Lipinski definition) is 1. The van der Waals surface area contributed by atoms with E-state index in [0.717, 1.165) is 12.8 Å². The number of carbonyl (C=O) groups is 1. The minimum Gasteiger partial charge on any atom is -0.493 e. The molecule has 1 saturated carbocycles. The molecule has 0 bridgehead atoms. The summed E-state index contributed by atoms with van der Waals surface area (Å²) in [5.74, 6) is 1.06. The van der Waals surface area contributed by atoms with Gasteiger partial charge in [0.2, 0.25) is 0 Å². The number of ether oxygens (including phenoxy) is 3. The van der Waals surface area contributed by atoms with Crippen molar-refractivity contribution in [2.24, 2.45) is 5.92 Å². The van der Waals surface area contributed by atoms with Gasteiger partial charge in [-0.25, -0.2) is 4.79 Å². The van der Waals surface area contributed by atoms with Gasteiger partial charge in [-0.1, -0.05) is 0 Å². The molecule has 0 unspecified atom stereocenters. The van der Waals surface area contributed by atoms with E-state index >= 15 is 0 Å². The van der Waals surface area contributed by atoms with Crippen molar-refractivity contribution in [1.82, 2.24) is 0 Å². The van der Waals surface area contributed by atoms with E-state index in [0.29, 0.717) is 35.3 Å². The van der Waals surface area contributed by atoms with Crippen molar-refractivity contribution in [1.29, 1.82) is 0 Å². The SMILES string of the molecule is COc1cc(N)c(C(=O)OCC2CC2)cc1OC. The van der Waals surface area contributed by atoms with Gasteiger partial charge in [-0.2, -0.15) is 0 Å². The monoisotopic (exact) mass is 251 g/mol. The van der Waals surface area contributed by atoms with Gasteiger partial charge in [0.15, 0.2) is 11.5 Å². The highest BCUT2D eigenvalue weighted by Gasteiger charge is 2.24. The van der Waals surface area contributed by atoms with Crippen molar-refractivity contribution in [3.63, 3.8) is 0 Å². The van der Waals surface area contributed by atoms with Crippen LogP contribution in [-0.4, -0.2) is 26.8 Å². The maximum absolute atomic E-state index is 11.9. The lowest BCUT2D eigenvalue weighted by molar-refractivity contribution is 0.0487. The molecule has 0 atom stereocenters. The molecule has 2 rings (SSSR count). The van der Waals surface area contributed by atoms with Crippen LogP contribution in [0.5, 0.6) is 11.5 Å². The highest BCUT2D eigenvalue weighted by molar-refractivity contribution is 5.96. The summed E-state index contributed by atoms with van der Waals surface area (Å²) in [4.78, 5) is 11.9. The van der Waals surface area contributed by atoms with E-state index in [1.54, 1.807) is 12.1 Å². The molecule has 0 aromatic heterocycles. The van der Waals surface area contributed by atoms with Gasteiger partial charge in [0, 0.05) is 12.1 Å². The van der Waals surface area contributed by atoms with Gasteiger partial charge >= 0.3 is 5.97 Å². The maximum Gasteiger partial charge on any atom is 0.340 e. The summed E-state index contributed by atoms with van der Waals surface area (Å²) in [6.07, 6.45) is 2.27. The molecule has 0 saturated heterocycles. The maximum atomic E-state index is 11.9. The fourth-order valence-corrected chi connectivity index (χ4v) is 1.63. The largest absolute Gasteiger partial charge is 0.493 e. The Bertz CT molecular complexity index is 455. The summed E-state index contributed by atoms with van der Waals surface area (Å²) in [6.45, 7) is 0.465. The Morgan fingerprint density at radius 1 is 1.28 bits per heavy atom. The lowest BCUT2D eigenvalue weighted by atomic mass is 10.1. The highest BCUT2D eigenvalue weighted by atomic mass is 16.5. The zero-order valence-corrected chi connectivity index (χ0v) is 10.6. The van der Waals surface area contributed by atoms with Crippen molar-refractivity contribution < 1.29 is 19.0 Å². The molecule has 0 spiro atoms. The van der Waals surface area contributed by atoms with Crippen LogP contribution in [0.4, 0.5) is 5.69 Å². The summed E-state index contributed by atoms with van der Waals surface area (Å²) in [6, 6.07) is 3.11. The van der Waals surface area contributed by atoms with Crippen molar-refractivity contribution >= 4 is 11.7 Å². The van der Waals surface area contributed by atoms with E-state index in [4.69, 9.17) is 19.9 Å². The number of nitrogens with two attached hydrogens (primary N) is 1. The first kappa shape index (κ1) is 12.5. The molecule has 0 radical (unpaired) electrons. The van der Waals surface area contributed by atoms with E-state index in [9.17, 15) is 4.79 Å². The van der Waals surface area contributed by atoms with E-state index in [1.807, 2.05) is 0 Å². The molecular formula is C13H17NO4. The summed E-state index contributed by atoms with van der Waals surface area (Å²) < 4.78 is 15.4. The van der Waals surface area contributed by atoms with Crippen LogP contribution in [0.2, 0.25) is 0 Å². The normalized spacial score (nSPS) is 14.1. The number of hydrogen-bond acceptors (Lipinski definition) is 5. The van der Waals surface area contributed by atoms with Gasteiger partial charge in [0.1, 0.15) is 0 Å². The first-order chi connectivity index (χ1) is 8.65. The molecule has 0 heterocycles. The molecule has 0 amide bonds. The minimum absolute atomic E-state index is 0.313. The fourth-order valence-electron chi connectivity index (χ4n) is 1.63. The topological polar surface area (TPSA) is 70.8 Å². The average molecular weight is 251 g/mol. The molecule has 5 nitrogen and oxygen atoms in total. The second-order valence-electron chi connectivity index (χ2n) is 4.34. The third-order valence-corrected chi connectivity index (χ3v) is 2.92. The van der Waals surface area contributed by atoms with Crippen LogP contribution in [0.3, 0.4) is 0 Å². The molecule has 1 aliphatic carbocycles. The van der Waals surface area contributed by atoms with Gasteiger partial charge < -0.3 is 19.9 Å². The van der Waals surface area contributed by atoms with Gasteiger partial charge in [-0.05, 0) is 18.8 Å². The molecule has 0 aliphatic heterocycles. The third kappa shape index (κ3) is 2.67. The molecule has 1 aromatic carbocycles. The third-order valence-electron chi connectivity index (χ3n) is 2.92. The molecule has 2 N–H and O–H groups in total. The number of methoxy groups -OCH3 is 2. The number of benzene rings is 1. The zero-order valence-electron chi connectivity index (χ0n) is 10.6. The summed E-state index contributed by atoms with van der Waals surface area (Å²) in [5, 5.41) is 0. The predicted octanol–water partition coefficient (Wildman–Crippen LogP) is 1.85. The standard InChI is InChI=1S/C13H17NO4/c1-16-11-5-9(10(14)6-12(11)17-2)13(15)18-7-8-3-4-8/h5-6,8H,3-4,7,14H2,1-2H3. The first-order valence-corrected chi connectivity index (χ1v) is 5.84. The zero-order chi connectivity index (χ0) is 13.1. The van der Waals surface area contributed by atoms with Gasteiger partial charge in [-0.3, -0.25) is 0 Å². The van der Waals surface area contributed by atoms with Crippen molar-refractivity contribution in [3.05, 3.63) is 17.7 Å². The van der Waals surface area contributed by atoms with Gasteiger partial charge in [-0.15, -0.1) is 0 Å². The minimum atomic E-state index is -0.416. The highest BCUT2D eigenvalue weighted by Crippen LogP contribution is 2.33. The van der Waals surface area contributed by atoms with Crippen molar-refractivity contribution in [3.8, 4) is 11.5 Å². The van der Waals surface area contributed by atoms with Crippen LogP contribution in [0, 0.1) is 5.92 Å². The predicted molar refractivity (Wildman–Crippen MR) is 67.0 cm³/mol. The second kappa shape index (κ2) is 5.16. The smallest absolute Gasteiger partial charge is 0.340 e. The Morgan fingerprint density at radius 3 is 2.44 bits per heavy atom. The summed E-state index contributed by atoms with van der Waals surface area (Å²) >= 11 is 0. The number of anilines is 1.